The van der Waals surface area contributed by atoms with E-state index in [4.69, 9.17) is 9.26 Å². The highest BCUT2D eigenvalue weighted by Crippen LogP contribution is 2.18. The molecule has 0 aliphatic rings. The lowest BCUT2D eigenvalue weighted by Gasteiger charge is -2.14. The zero-order chi connectivity index (χ0) is 19.2. The number of aromatic nitrogens is 2. The molecule has 0 spiro atoms. The molecule has 140 valence electrons. The number of methoxy groups -OCH3 is 1. The van der Waals surface area contributed by atoms with Crippen LogP contribution in [0.2, 0.25) is 0 Å². The monoisotopic (exact) mass is 366 g/mol. The van der Waals surface area contributed by atoms with Crippen LogP contribution in [0.15, 0.2) is 53.1 Å². The van der Waals surface area contributed by atoms with Crippen molar-refractivity contribution < 1.29 is 14.1 Å². The molecule has 7 nitrogen and oxygen atoms in total. The van der Waals surface area contributed by atoms with Crippen molar-refractivity contribution in [2.75, 3.05) is 26.0 Å². The second-order valence-corrected chi connectivity index (χ2v) is 6.33. The van der Waals surface area contributed by atoms with Crippen molar-refractivity contribution in [2.45, 2.75) is 13.5 Å². The van der Waals surface area contributed by atoms with Crippen LogP contribution in [0.5, 0.6) is 5.75 Å². The molecule has 0 fully saturated rings. The first-order valence-corrected chi connectivity index (χ1v) is 8.55. The summed E-state index contributed by atoms with van der Waals surface area (Å²) in [6.07, 6.45) is 0. The molecule has 0 saturated carbocycles. The molecule has 3 aromatic rings. The van der Waals surface area contributed by atoms with Gasteiger partial charge in [0.05, 0.1) is 20.2 Å². The third kappa shape index (κ3) is 5.15. The standard InChI is InChI=1S/C20H22N4O3/c1-14-6-4-7-15(10-14)20-22-19(27-23-20)13-24(2)12-18(25)21-16-8-5-9-17(11-16)26-3/h4-11H,12-13H2,1-3H3,(H,21,25). The highest BCUT2D eigenvalue weighted by molar-refractivity contribution is 5.92. The maximum atomic E-state index is 12.2. The molecule has 0 radical (unpaired) electrons. The van der Waals surface area contributed by atoms with E-state index >= 15 is 0 Å². The first kappa shape index (κ1) is 18.6. The van der Waals surface area contributed by atoms with Gasteiger partial charge >= 0.3 is 0 Å². The van der Waals surface area contributed by atoms with Crippen LogP contribution in [0.3, 0.4) is 0 Å². The number of hydrogen-bond donors (Lipinski definition) is 1. The normalized spacial score (nSPS) is 10.8. The van der Waals surface area contributed by atoms with Gasteiger partial charge in [0.15, 0.2) is 0 Å². The summed E-state index contributed by atoms with van der Waals surface area (Å²) in [5.74, 6) is 1.56. The number of aryl methyl sites for hydroxylation is 1. The first-order valence-electron chi connectivity index (χ1n) is 8.55. The molecule has 1 amide bonds. The molecule has 0 atom stereocenters. The van der Waals surface area contributed by atoms with Gasteiger partial charge in [-0.2, -0.15) is 4.98 Å². The van der Waals surface area contributed by atoms with Crippen LogP contribution in [0, 0.1) is 6.92 Å². The van der Waals surface area contributed by atoms with Crippen LogP contribution in [-0.4, -0.2) is 41.6 Å². The Morgan fingerprint density at radius 2 is 2.04 bits per heavy atom. The van der Waals surface area contributed by atoms with E-state index in [0.29, 0.717) is 29.7 Å². The van der Waals surface area contributed by atoms with Crippen molar-refractivity contribution in [3.05, 3.63) is 60.0 Å². The second-order valence-electron chi connectivity index (χ2n) is 6.33. The molecule has 0 aliphatic heterocycles. The first-order chi connectivity index (χ1) is 13.0. The zero-order valence-electron chi connectivity index (χ0n) is 15.6. The van der Waals surface area contributed by atoms with Gasteiger partial charge in [0, 0.05) is 17.3 Å². The Balaban J connectivity index is 1.56. The molecular formula is C20H22N4O3. The summed E-state index contributed by atoms with van der Waals surface area (Å²) in [6.45, 7) is 2.59. The topological polar surface area (TPSA) is 80.5 Å². The average Bonchev–Trinajstić information content (AvgIpc) is 3.10. The largest absolute Gasteiger partial charge is 0.497 e. The predicted octanol–water partition coefficient (Wildman–Crippen LogP) is 3.12. The highest BCUT2D eigenvalue weighted by atomic mass is 16.5. The summed E-state index contributed by atoms with van der Waals surface area (Å²) < 4.78 is 10.5. The number of ether oxygens (including phenoxy) is 1. The van der Waals surface area contributed by atoms with E-state index in [0.717, 1.165) is 11.1 Å². The Hall–Kier alpha value is -3.19. The zero-order valence-corrected chi connectivity index (χ0v) is 15.6. The fourth-order valence-corrected chi connectivity index (χ4v) is 2.65. The van der Waals surface area contributed by atoms with Crippen molar-refractivity contribution in [1.82, 2.24) is 15.0 Å². The number of amides is 1. The number of carbonyl (C=O) groups excluding carboxylic acids is 1. The van der Waals surface area contributed by atoms with Crippen LogP contribution in [-0.2, 0) is 11.3 Å². The van der Waals surface area contributed by atoms with E-state index in [9.17, 15) is 4.79 Å². The molecule has 7 heteroatoms. The van der Waals surface area contributed by atoms with E-state index in [1.807, 2.05) is 61.3 Å². The summed E-state index contributed by atoms with van der Waals surface area (Å²) in [4.78, 5) is 18.4. The SMILES string of the molecule is COc1cccc(NC(=O)CN(C)Cc2nc(-c3cccc(C)c3)no2)c1. The summed E-state index contributed by atoms with van der Waals surface area (Å²) in [7, 11) is 3.41. The molecule has 0 aliphatic carbocycles. The van der Waals surface area contributed by atoms with E-state index in [1.165, 1.54) is 0 Å². The lowest BCUT2D eigenvalue weighted by atomic mass is 10.1. The smallest absolute Gasteiger partial charge is 0.241 e. The fraction of sp³-hybridized carbons (Fsp3) is 0.250. The molecule has 0 bridgehead atoms. The van der Waals surface area contributed by atoms with Crippen LogP contribution in [0.25, 0.3) is 11.4 Å². The molecule has 1 heterocycles. The number of hydrogen-bond acceptors (Lipinski definition) is 6. The third-order valence-electron chi connectivity index (χ3n) is 3.92. The molecular weight excluding hydrogens is 344 g/mol. The van der Waals surface area contributed by atoms with Crippen molar-refractivity contribution in [3.63, 3.8) is 0 Å². The Morgan fingerprint density at radius 3 is 2.81 bits per heavy atom. The van der Waals surface area contributed by atoms with Gasteiger partial charge < -0.3 is 14.6 Å². The number of rotatable bonds is 7. The minimum Gasteiger partial charge on any atom is -0.497 e. The van der Waals surface area contributed by atoms with Gasteiger partial charge in [-0.25, -0.2) is 0 Å². The minimum absolute atomic E-state index is 0.135. The van der Waals surface area contributed by atoms with Crippen molar-refractivity contribution >= 4 is 11.6 Å². The number of nitrogens with one attached hydrogen (secondary N) is 1. The Labute approximate surface area is 158 Å². The van der Waals surface area contributed by atoms with Crippen molar-refractivity contribution in [2.24, 2.45) is 0 Å². The second kappa shape index (κ2) is 8.46. The Morgan fingerprint density at radius 1 is 1.22 bits per heavy atom. The van der Waals surface area contributed by atoms with Crippen LogP contribution < -0.4 is 10.1 Å². The minimum atomic E-state index is -0.135. The molecule has 1 N–H and O–H groups in total. The highest BCUT2D eigenvalue weighted by Gasteiger charge is 2.13. The van der Waals surface area contributed by atoms with Crippen LogP contribution in [0.1, 0.15) is 11.5 Å². The molecule has 0 unspecified atom stereocenters. The van der Waals surface area contributed by atoms with E-state index in [2.05, 4.69) is 15.5 Å². The van der Waals surface area contributed by atoms with Crippen molar-refractivity contribution in [3.8, 4) is 17.1 Å². The quantitative estimate of drug-likeness (QED) is 0.692. The van der Waals surface area contributed by atoms with Gasteiger partial charge in [0.25, 0.3) is 0 Å². The third-order valence-corrected chi connectivity index (χ3v) is 3.92. The predicted molar refractivity (Wildman–Crippen MR) is 102 cm³/mol. The van der Waals surface area contributed by atoms with Gasteiger partial charge in [0.1, 0.15) is 5.75 Å². The average molecular weight is 366 g/mol. The summed E-state index contributed by atoms with van der Waals surface area (Å²) in [6, 6.07) is 15.1. The summed E-state index contributed by atoms with van der Waals surface area (Å²) >= 11 is 0. The Kier molecular flexibility index (Phi) is 5.83. The molecule has 2 aromatic carbocycles. The number of benzene rings is 2. The number of nitrogens with zero attached hydrogens (tertiary/aromatic N) is 3. The molecule has 0 saturated heterocycles. The summed E-state index contributed by atoms with van der Waals surface area (Å²) in [5.41, 5.74) is 2.72. The number of carbonyl (C=O) groups is 1. The maximum Gasteiger partial charge on any atom is 0.241 e. The van der Waals surface area contributed by atoms with Gasteiger partial charge in [-0.3, -0.25) is 9.69 Å². The number of anilines is 1. The maximum absolute atomic E-state index is 12.2. The lowest BCUT2D eigenvalue weighted by molar-refractivity contribution is -0.117. The fourth-order valence-electron chi connectivity index (χ4n) is 2.65. The Bertz CT molecular complexity index is 923. The molecule has 3 rings (SSSR count). The van der Waals surface area contributed by atoms with Crippen LogP contribution in [0.4, 0.5) is 5.69 Å². The van der Waals surface area contributed by atoms with E-state index in [-0.39, 0.29) is 12.5 Å². The van der Waals surface area contributed by atoms with Gasteiger partial charge in [-0.1, -0.05) is 35.0 Å². The summed E-state index contributed by atoms with van der Waals surface area (Å²) in [5, 5.41) is 6.86. The molecule has 27 heavy (non-hydrogen) atoms. The lowest BCUT2D eigenvalue weighted by Crippen LogP contribution is -2.29. The van der Waals surface area contributed by atoms with Crippen LogP contribution >= 0.6 is 0 Å². The van der Waals surface area contributed by atoms with Gasteiger partial charge in [0.2, 0.25) is 17.6 Å². The van der Waals surface area contributed by atoms with Gasteiger partial charge in [-0.05, 0) is 32.2 Å². The molecule has 1 aromatic heterocycles. The van der Waals surface area contributed by atoms with Gasteiger partial charge in [-0.15, -0.1) is 0 Å². The van der Waals surface area contributed by atoms with E-state index in [1.54, 1.807) is 13.2 Å². The van der Waals surface area contributed by atoms with Crippen molar-refractivity contribution in [1.29, 1.82) is 0 Å². The number of likely N-dealkylation sites (N-methyl/N-ethyl adjacent to an activating group) is 1. The van der Waals surface area contributed by atoms with E-state index < -0.39 is 0 Å².